The van der Waals surface area contributed by atoms with Gasteiger partial charge in [-0.25, -0.2) is 4.68 Å². The van der Waals surface area contributed by atoms with Crippen LogP contribution in [0.2, 0.25) is 0 Å². The van der Waals surface area contributed by atoms with E-state index in [0.717, 1.165) is 40.3 Å². The summed E-state index contributed by atoms with van der Waals surface area (Å²) >= 11 is 1.60. The van der Waals surface area contributed by atoms with Gasteiger partial charge >= 0.3 is 0 Å². The largest absolute Gasteiger partial charge is 0.489 e. The molecule has 0 amide bonds. The van der Waals surface area contributed by atoms with Crippen LogP contribution in [0, 0.1) is 5.41 Å². The van der Waals surface area contributed by atoms with Crippen molar-refractivity contribution in [1.82, 2.24) is 14.8 Å². The van der Waals surface area contributed by atoms with Crippen molar-refractivity contribution in [3.63, 3.8) is 0 Å². The molecule has 0 bridgehead atoms. The molecule has 2 aliphatic rings. The van der Waals surface area contributed by atoms with Gasteiger partial charge in [0, 0.05) is 17.7 Å². The van der Waals surface area contributed by atoms with Crippen LogP contribution in [0.1, 0.15) is 50.8 Å². The average molecular weight is 461 g/mol. The van der Waals surface area contributed by atoms with Crippen molar-refractivity contribution in [2.75, 3.05) is 11.1 Å². The average Bonchev–Trinajstić information content (AvgIpc) is 3.18. The Balaban J connectivity index is 1.53. The summed E-state index contributed by atoms with van der Waals surface area (Å²) in [7, 11) is 0. The Kier molecular flexibility index (Phi) is 5.74. The van der Waals surface area contributed by atoms with Gasteiger partial charge in [0.25, 0.3) is 0 Å². The number of Topliss-reactive ketones (excluding diaryl/α,β-unsaturated/α-hetero) is 1. The Bertz CT molecular complexity index is 1220. The third-order valence-electron chi connectivity index (χ3n) is 6.01. The summed E-state index contributed by atoms with van der Waals surface area (Å²) in [6.07, 6.45) is 1.33. The predicted molar refractivity (Wildman–Crippen MR) is 130 cm³/mol. The smallest absolute Gasteiger partial charge is 0.227 e. The van der Waals surface area contributed by atoms with Crippen LogP contribution in [0.4, 0.5) is 5.95 Å². The molecule has 0 radical (unpaired) electrons. The normalized spacial score (nSPS) is 19.0. The molecule has 1 N–H and O–H groups in total. The highest BCUT2D eigenvalue weighted by atomic mass is 32.2. The first-order valence-corrected chi connectivity index (χ1v) is 12.3. The van der Waals surface area contributed by atoms with Gasteiger partial charge in [0.15, 0.2) is 5.78 Å². The van der Waals surface area contributed by atoms with Gasteiger partial charge in [-0.05, 0) is 40.8 Å². The zero-order valence-corrected chi connectivity index (χ0v) is 20.0. The molecule has 170 valence electrons. The van der Waals surface area contributed by atoms with Crippen LogP contribution in [0.25, 0.3) is 0 Å². The number of allylic oxidation sites excluding steroid dienone is 2. The minimum Gasteiger partial charge on any atom is -0.489 e. The van der Waals surface area contributed by atoms with Crippen molar-refractivity contribution < 1.29 is 9.53 Å². The van der Waals surface area contributed by atoms with E-state index >= 15 is 0 Å². The fourth-order valence-electron chi connectivity index (χ4n) is 4.60. The fourth-order valence-corrected chi connectivity index (χ4v) is 5.16. The lowest BCUT2D eigenvalue weighted by molar-refractivity contribution is -0.118. The van der Waals surface area contributed by atoms with Crippen LogP contribution < -0.4 is 10.1 Å². The van der Waals surface area contributed by atoms with Gasteiger partial charge in [-0.3, -0.25) is 4.79 Å². The third-order valence-corrected chi connectivity index (χ3v) is 6.73. The van der Waals surface area contributed by atoms with Crippen LogP contribution >= 0.6 is 11.8 Å². The van der Waals surface area contributed by atoms with Gasteiger partial charge < -0.3 is 10.1 Å². The summed E-state index contributed by atoms with van der Waals surface area (Å²) in [6, 6.07) is 17.8. The maximum absolute atomic E-state index is 13.4. The molecular formula is C26H28N4O2S. The monoisotopic (exact) mass is 460 g/mol. The molecule has 2 heterocycles. The van der Waals surface area contributed by atoms with Crippen molar-refractivity contribution >= 4 is 23.5 Å². The Hall–Kier alpha value is -3.06. The number of thioether (sulfide) groups is 1. The van der Waals surface area contributed by atoms with Crippen molar-refractivity contribution in [1.29, 1.82) is 0 Å². The van der Waals surface area contributed by atoms with Gasteiger partial charge in [0.2, 0.25) is 11.1 Å². The summed E-state index contributed by atoms with van der Waals surface area (Å²) < 4.78 is 7.95. The second-order valence-corrected chi connectivity index (χ2v) is 10.5. The zero-order chi connectivity index (χ0) is 23.0. The lowest BCUT2D eigenvalue weighted by Crippen LogP contribution is -2.36. The second-order valence-electron chi connectivity index (χ2n) is 9.30. The molecule has 5 rings (SSSR count). The summed E-state index contributed by atoms with van der Waals surface area (Å²) in [4.78, 5) is 18.1. The Labute approximate surface area is 198 Å². The van der Waals surface area contributed by atoms with Crippen molar-refractivity contribution in [2.45, 2.75) is 51.4 Å². The van der Waals surface area contributed by atoms with E-state index in [0.29, 0.717) is 24.1 Å². The molecule has 0 fully saturated rings. The minimum absolute atomic E-state index is 0.0860. The van der Waals surface area contributed by atoms with Gasteiger partial charge in [-0.15, -0.1) is 5.10 Å². The Morgan fingerprint density at radius 3 is 2.76 bits per heavy atom. The standard InChI is InChI=1S/C26H28N4O2S/c1-4-33-25-28-24-27-20-14-26(2,3)15-21(31)22(20)23(30(24)29-25)18-11-8-12-19(13-18)32-16-17-9-6-5-7-10-17/h5-13,23H,4,14-16H2,1-3H3,(H,27,28,29). The van der Waals surface area contributed by atoms with Crippen LogP contribution in [0.15, 0.2) is 71.0 Å². The second kappa shape index (κ2) is 8.71. The van der Waals surface area contributed by atoms with E-state index < -0.39 is 0 Å². The number of hydrogen-bond acceptors (Lipinski definition) is 6. The van der Waals surface area contributed by atoms with E-state index in [2.05, 4.69) is 26.1 Å². The number of ketones is 1. The maximum Gasteiger partial charge on any atom is 0.227 e. The molecule has 0 saturated heterocycles. The fraction of sp³-hybridized carbons (Fsp3) is 0.346. The van der Waals surface area contributed by atoms with Crippen molar-refractivity contribution in [3.8, 4) is 5.75 Å². The highest BCUT2D eigenvalue weighted by Gasteiger charge is 2.41. The zero-order valence-electron chi connectivity index (χ0n) is 19.2. The van der Waals surface area contributed by atoms with E-state index in [-0.39, 0.29) is 17.2 Å². The molecule has 0 saturated carbocycles. The van der Waals surface area contributed by atoms with Crippen LogP contribution in [0.5, 0.6) is 5.75 Å². The topological polar surface area (TPSA) is 69.0 Å². The first kappa shape index (κ1) is 21.8. The molecule has 0 spiro atoms. The number of anilines is 1. The van der Waals surface area contributed by atoms with Gasteiger partial charge in [-0.2, -0.15) is 4.98 Å². The van der Waals surface area contributed by atoms with Gasteiger partial charge in [0.1, 0.15) is 18.4 Å². The molecule has 3 aromatic rings. The lowest BCUT2D eigenvalue weighted by atomic mass is 9.73. The molecule has 7 heteroatoms. The van der Waals surface area contributed by atoms with Crippen molar-refractivity contribution in [2.24, 2.45) is 5.41 Å². The maximum atomic E-state index is 13.4. The van der Waals surface area contributed by atoms with E-state index in [9.17, 15) is 4.79 Å². The third kappa shape index (κ3) is 4.42. The first-order valence-electron chi connectivity index (χ1n) is 11.3. The number of hydrogen-bond donors (Lipinski definition) is 1. The number of nitrogens with one attached hydrogen (secondary N) is 1. The SMILES string of the molecule is CCSc1nc2n(n1)C(c1cccc(OCc3ccccc3)c1)C1=C(CC(C)(C)CC1=O)N2. The van der Waals surface area contributed by atoms with Crippen LogP contribution in [-0.4, -0.2) is 26.3 Å². The molecule has 2 aromatic carbocycles. The molecule has 1 aliphatic carbocycles. The number of carbonyl (C=O) groups is 1. The number of aromatic nitrogens is 3. The van der Waals surface area contributed by atoms with Crippen LogP contribution in [-0.2, 0) is 11.4 Å². The summed E-state index contributed by atoms with van der Waals surface area (Å²) in [5.41, 5.74) is 3.75. The first-order chi connectivity index (χ1) is 15.9. The van der Waals surface area contributed by atoms with E-state index in [4.69, 9.17) is 14.8 Å². The lowest BCUT2D eigenvalue weighted by Gasteiger charge is -2.38. The van der Waals surface area contributed by atoms with E-state index in [1.54, 1.807) is 11.8 Å². The number of rotatable bonds is 6. The molecule has 1 aromatic heterocycles. The quantitative estimate of drug-likeness (QED) is 0.481. The number of benzene rings is 2. The Morgan fingerprint density at radius 1 is 1.15 bits per heavy atom. The van der Waals surface area contributed by atoms with Gasteiger partial charge in [-0.1, -0.05) is 75.0 Å². The van der Waals surface area contributed by atoms with Crippen molar-refractivity contribution in [3.05, 3.63) is 77.0 Å². The Morgan fingerprint density at radius 2 is 1.97 bits per heavy atom. The number of ether oxygens (including phenoxy) is 1. The number of carbonyl (C=O) groups excluding carboxylic acids is 1. The summed E-state index contributed by atoms with van der Waals surface area (Å²) in [6.45, 7) is 6.85. The molecule has 1 aliphatic heterocycles. The summed E-state index contributed by atoms with van der Waals surface area (Å²) in [5, 5.41) is 8.91. The molecule has 6 nitrogen and oxygen atoms in total. The van der Waals surface area contributed by atoms with E-state index in [1.165, 1.54) is 0 Å². The number of fused-ring (bicyclic) bond motifs is 1. The highest BCUT2D eigenvalue weighted by molar-refractivity contribution is 7.99. The minimum atomic E-state index is -0.321. The van der Waals surface area contributed by atoms with Gasteiger partial charge in [0.05, 0.1) is 0 Å². The van der Waals surface area contributed by atoms with E-state index in [1.807, 2.05) is 59.3 Å². The molecular weight excluding hydrogens is 432 g/mol. The molecule has 1 atom stereocenters. The predicted octanol–water partition coefficient (Wildman–Crippen LogP) is 5.63. The molecule has 33 heavy (non-hydrogen) atoms. The highest BCUT2D eigenvalue weighted by Crippen LogP contribution is 2.46. The van der Waals surface area contributed by atoms with Crippen LogP contribution in [0.3, 0.4) is 0 Å². The number of nitrogens with zero attached hydrogens (tertiary/aromatic N) is 3. The summed E-state index contributed by atoms with van der Waals surface area (Å²) in [5.74, 6) is 2.51. The molecule has 1 unspecified atom stereocenters.